The highest BCUT2D eigenvalue weighted by Gasteiger charge is 2.08. The molecule has 0 atom stereocenters. The maximum atomic E-state index is 11.1. The van der Waals surface area contributed by atoms with Crippen LogP contribution in [0.2, 0.25) is 0 Å². The molecule has 0 bridgehead atoms. The van der Waals surface area contributed by atoms with Gasteiger partial charge in [0.1, 0.15) is 0 Å². The number of anilines is 1. The predicted molar refractivity (Wildman–Crippen MR) is 75.0 cm³/mol. The molecule has 100 valence electrons. The molecular formula is C14H17N3O2. The van der Waals surface area contributed by atoms with Gasteiger partial charge in [0.05, 0.1) is 11.2 Å². The predicted octanol–water partition coefficient (Wildman–Crippen LogP) is 1.80. The molecule has 0 saturated carbocycles. The first-order chi connectivity index (χ1) is 9.08. The minimum absolute atomic E-state index is 0.0289. The van der Waals surface area contributed by atoms with E-state index in [0.717, 1.165) is 28.6 Å². The minimum Gasteiger partial charge on any atom is -0.359 e. The molecule has 2 rings (SSSR count). The molecule has 0 saturated heterocycles. The van der Waals surface area contributed by atoms with Crippen LogP contribution >= 0.6 is 0 Å². The van der Waals surface area contributed by atoms with Crippen LogP contribution in [0.25, 0.3) is 10.9 Å². The Kier molecular flexibility index (Phi) is 3.85. The molecule has 0 unspecified atom stereocenters. The van der Waals surface area contributed by atoms with Gasteiger partial charge in [0, 0.05) is 32.0 Å². The van der Waals surface area contributed by atoms with Gasteiger partial charge in [0.25, 0.3) is 0 Å². The van der Waals surface area contributed by atoms with Crippen LogP contribution in [0.5, 0.6) is 0 Å². The molecule has 5 nitrogen and oxygen atoms in total. The number of benzene rings is 1. The standard InChI is InChI=1S/C14H17N3O2/c1-9(18)15-7-6-11-8-16-14-12(11)4-3-5-13(14)17-10(2)19/h3-5,8,16H,6-7H2,1-2H3,(H,15,18)(H,17,19). The minimum atomic E-state index is -0.0955. The van der Waals surface area contributed by atoms with Crippen molar-refractivity contribution in [3.05, 3.63) is 30.0 Å². The molecule has 0 aliphatic rings. The van der Waals surface area contributed by atoms with E-state index in [2.05, 4.69) is 15.6 Å². The summed E-state index contributed by atoms with van der Waals surface area (Å²) in [4.78, 5) is 25.2. The number of hydrogen-bond acceptors (Lipinski definition) is 2. The van der Waals surface area contributed by atoms with E-state index in [1.165, 1.54) is 13.8 Å². The summed E-state index contributed by atoms with van der Waals surface area (Å²) in [5, 5.41) is 6.63. The van der Waals surface area contributed by atoms with Crippen molar-refractivity contribution in [2.45, 2.75) is 20.3 Å². The number of rotatable bonds is 4. The number of carbonyl (C=O) groups is 2. The largest absolute Gasteiger partial charge is 0.359 e. The summed E-state index contributed by atoms with van der Waals surface area (Å²) in [5.41, 5.74) is 2.81. The van der Waals surface area contributed by atoms with E-state index >= 15 is 0 Å². The second-order valence-electron chi connectivity index (χ2n) is 4.46. The van der Waals surface area contributed by atoms with E-state index in [9.17, 15) is 9.59 Å². The Morgan fingerprint density at radius 1 is 1.21 bits per heavy atom. The van der Waals surface area contributed by atoms with Crippen LogP contribution in [-0.2, 0) is 16.0 Å². The van der Waals surface area contributed by atoms with Crippen LogP contribution in [0.4, 0.5) is 5.69 Å². The van der Waals surface area contributed by atoms with E-state index in [1.54, 1.807) is 0 Å². The first-order valence-corrected chi connectivity index (χ1v) is 6.19. The van der Waals surface area contributed by atoms with Gasteiger partial charge in [0.2, 0.25) is 11.8 Å². The van der Waals surface area contributed by atoms with Crippen LogP contribution in [0.1, 0.15) is 19.4 Å². The Bertz CT molecular complexity index is 616. The maximum Gasteiger partial charge on any atom is 0.221 e. The van der Waals surface area contributed by atoms with Gasteiger partial charge in [-0.05, 0) is 18.1 Å². The zero-order valence-corrected chi connectivity index (χ0v) is 11.0. The molecule has 19 heavy (non-hydrogen) atoms. The summed E-state index contributed by atoms with van der Waals surface area (Å²) in [5.74, 6) is -0.124. The highest BCUT2D eigenvalue weighted by molar-refractivity contribution is 6.00. The SMILES string of the molecule is CC(=O)NCCc1c[nH]c2c(NC(C)=O)cccc12. The number of hydrogen-bond donors (Lipinski definition) is 3. The molecular weight excluding hydrogens is 242 g/mol. The monoisotopic (exact) mass is 259 g/mol. The van der Waals surface area contributed by atoms with Crippen molar-refractivity contribution in [2.75, 3.05) is 11.9 Å². The van der Waals surface area contributed by atoms with Crippen molar-refractivity contribution in [1.29, 1.82) is 0 Å². The van der Waals surface area contributed by atoms with Crippen molar-refractivity contribution in [1.82, 2.24) is 10.3 Å². The topological polar surface area (TPSA) is 74.0 Å². The van der Waals surface area contributed by atoms with Crippen molar-refractivity contribution >= 4 is 28.4 Å². The molecule has 1 heterocycles. The smallest absolute Gasteiger partial charge is 0.221 e. The van der Waals surface area contributed by atoms with Gasteiger partial charge in [-0.3, -0.25) is 9.59 Å². The fourth-order valence-corrected chi connectivity index (χ4v) is 2.09. The number of H-pyrrole nitrogens is 1. The Morgan fingerprint density at radius 3 is 2.68 bits per heavy atom. The zero-order chi connectivity index (χ0) is 13.8. The first-order valence-electron chi connectivity index (χ1n) is 6.19. The molecule has 0 aliphatic heterocycles. The molecule has 1 aromatic carbocycles. The van der Waals surface area contributed by atoms with Crippen LogP contribution in [0, 0.1) is 0 Å². The van der Waals surface area contributed by atoms with Crippen LogP contribution in [0.15, 0.2) is 24.4 Å². The van der Waals surface area contributed by atoms with Crippen molar-refractivity contribution in [3.8, 4) is 0 Å². The highest BCUT2D eigenvalue weighted by atomic mass is 16.2. The lowest BCUT2D eigenvalue weighted by molar-refractivity contribution is -0.119. The fourth-order valence-electron chi connectivity index (χ4n) is 2.09. The quantitative estimate of drug-likeness (QED) is 0.783. The lowest BCUT2D eigenvalue weighted by Crippen LogP contribution is -2.22. The van der Waals surface area contributed by atoms with Gasteiger partial charge in [-0.2, -0.15) is 0 Å². The molecule has 0 spiro atoms. The first kappa shape index (κ1) is 13.1. The van der Waals surface area contributed by atoms with Crippen LogP contribution < -0.4 is 10.6 Å². The van der Waals surface area contributed by atoms with Gasteiger partial charge in [-0.15, -0.1) is 0 Å². The van der Waals surface area contributed by atoms with Crippen LogP contribution in [0.3, 0.4) is 0 Å². The normalized spacial score (nSPS) is 10.4. The van der Waals surface area contributed by atoms with E-state index in [0.29, 0.717) is 6.54 Å². The molecule has 0 fully saturated rings. The van der Waals surface area contributed by atoms with Gasteiger partial charge in [-0.25, -0.2) is 0 Å². The highest BCUT2D eigenvalue weighted by Crippen LogP contribution is 2.25. The van der Waals surface area contributed by atoms with E-state index in [4.69, 9.17) is 0 Å². The van der Waals surface area contributed by atoms with Crippen LogP contribution in [-0.4, -0.2) is 23.3 Å². The van der Waals surface area contributed by atoms with Gasteiger partial charge >= 0.3 is 0 Å². The van der Waals surface area contributed by atoms with Crippen molar-refractivity contribution in [3.63, 3.8) is 0 Å². The van der Waals surface area contributed by atoms with Crippen molar-refractivity contribution < 1.29 is 9.59 Å². The third kappa shape index (κ3) is 3.13. The lowest BCUT2D eigenvalue weighted by Gasteiger charge is -2.04. The summed E-state index contributed by atoms with van der Waals surface area (Å²) in [6, 6.07) is 5.77. The van der Waals surface area contributed by atoms with E-state index in [1.807, 2.05) is 24.4 Å². The zero-order valence-electron chi connectivity index (χ0n) is 11.0. The summed E-state index contributed by atoms with van der Waals surface area (Å²) in [6.07, 6.45) is 2.67. The van der Waals surface area contributed by atoms with Gasteiger partial charge in [-0.1, -0.05) is 12.1 Å². The Labute approximate surface area is 111 Å². The average molecular weight is 259 g/mol. The maximum absolute atomic E-state index is 11.1. The molecule has 0 aliphatic carbocycles. The second kappa shape index (κ2) is 5.56. The Hall–Kier alpha value is -2.30. The van der Waals surface area contributed by atoms with Gasteiger partial charge < -0.3 is 15.6 Å². The summed E-state index contributed by atoms with van der Waals surface area (Å²) in [7, 11) is 0. The van der Waals surface area contributed by atoms with E-state index < -0.39 is 0 Å². The molecule has 5 heteroatoms. The molecule has 2 aromatic rings. The third-order valence-corrected chi connectivity index (χ3v) is 2.88. The average Bonchev–Trinajstić information content (AvgIpc) is 2.73. The molecule has 3 N–H and O–H groups in total. The molecule has 0 radical (unpaired) electrons. The lowest BCUT2D eigenvalue weighted by atomic mass is 10.1. The summed E-state index contributed by atoms with van der Waals surface area (Å²) >= 11 is 0. The number of aromatic amines is 1. The fraction of sp³-hybridized carbons (Fsp3) is 0.286. The number of para-hydroxylation sites is 1. The second-order valence-corrected chi connectivity index (χ2v) is 4.46. The van der Waals surface area contributed by atoms with E-state index in [-0.39, 0.29) is 11.8 Å². The summed E-state index contributed by atoms with van der Waals surface area (Å²) in [6.45, 7) is 3.59. The number of fused-ring (bicyclic) bond motifs is 1. The number of nitrogens with one attached hydrogen (secondary N) is 3. The number of carbonyl (C=O) groups excluding carboxylic acids is 2. The summed E-state index contributed by atoms with van der Waals surface area (Å²) < 4.78 is 0. The Morgan fingerprint density at radius 2 is 2.00 bits per heavy atom. The number of aromatic nitrogens is 1. The molecule has 1 aromatic heterocycles. The van der Waals surface area contributed by atoms with Crippen molar-refractivity contribution in [2.24, 2.45) is 0 Å². The number of amides is 2. The third-order valence-electron chi connectivity index (χ3n) is 2.88. The Balaban J connectivity index is 2.23. The van der Waals surface area contributed by atoms with Gasteiger partial charge in [0.15, 0.2) is 0 Å². The molecule has 2 amide bonds.